The molecule has 3 nitrogen and oxygen atoms in total. The number of rotatable bonds is 1. The molecule has 2 aromatic rings. The molecule has 4 heteroatoms. The fraction of sp³-hybridized carbons (Fsp3) is 0. The monoisotopic (exact) mass is 192 g/mol. The van der Waals surface area contributed by atoms with Crippen molar-refractivity contribution in [2.45, 2.75) is 0 Å². The highest BCUT2D eigenvalue weighted by molar-refractivity contribution is 6.67. The number of halogens is 1. The molecule has 0 spiro atoms. The molecule has 0 aliphatic carbocycles. The van der Waals surface area contributed by atoms with Crippen LogP contribution in [0.3, 0.4) is 0 Å². The third-order valence-corrected chi connectivity index (χ3v) is 1.86. The summed E-state index contributed by atoms with van der Waals surface area (Å²) in [5.74, 6) is 0. The second kappa shape index (κ2) is 3.11. The van der Waals surface area contributed by atoms with E-state index >= 15 is 0 Å². The minimum atomic E-state index is -0.562. The van der Waals surface area contributed by atoms with Gasteiger partial charge in [0.2, 0.25) is 0 Å². The molecule has 0 saturated heterocycles. The molecular formula is C9H5ClN2O. The molecule has 64 valence electrons. The van der Waals surface area contributed by atoms with E-state index in [1.54, 1.807) is 18.3 Å². The summed E-state index contributed by atoms with van der Waals surface area (Å²) in [5, 5.41) is 0.330. The smallest absolute Gasteiger partial charge is 0.270 e. The van der Waals surface area contributed by atoms with Gasteiger partial charge in [0.15, 0.2) is 5.65 Å². The summed E-state index contributed by atoms with van der Waals surface area (Å²) in [5.41, 5.74) is 0.766. The summed E-state index contributed by atoms with van der Waals surface area (Å²) in [6, 6.07) is 7.04. The second-order valence-corrected chi connectivity index (χ2v) is 2.86. The molecule has 0 aliphatic rings. The lowest BCUT2D eigenvalue weighted by Gasteiger charge is -1.96. The molecule has 2 rings (SSSR count). The van der Waals surface area contributed by atoms with Gasteiger partial charge < -0.3 is 0 Å². The normalized spacial score (nSPS) is 10.2. The zero-order valence-corrected chi connectivity index (χ0v) is 7.32. The van der Waals surface area contributed by atoms with Crippen molar-refractivity contribution >= 4 is 27.9 Å². The van der Waals surface area contributed by atoms with E-state index < -0.39 is 5.24 Å². The van der Waals surface area contributed by atoms with E-state index in [1.807, 2.05) is 12.1 Å². The highest BCUT2D eigenvalue weighted by atomic mass is 35.5. The van der Waals surface area contributed by atoms with Crippen LogP contribution in [0.4, 0.5) is 0 Å². The number of pyridine rings is 2. The summed E-state index contributed by atoms with van der Waals surface area (Å²) in [4.78, 5) is 18.7. The molecule has 0 aliphatic heterocycles. The van der Waals surface area contributed by atoms with Crippen LogP contribution in [0.1, 0.15) is 10.5 Å². The summed E-state index contributed by atoms with van der Waals surface area (Å²) < 4.78 is 0. The third kappa shape index (κ3) is 1.51. The highest BCUT2D eigenvalue weighted by Gasteiger charge is 2.03. The largest absolute Gasteiger partial charge is 0.274 e. The molecule has 0 amide bonds. The van der Waals surface area contributed by atoms with Crippen LogP contribution in [0.2, 0.25) is 0 Å². The van der Waals surface area contributed by atoms with E-state index in [9.17, 15) is 4.79 Å². The first kappa shape index (κ1) is 8.13. The van der Waals surface area contributed by atoms with Gasteiger partial charge >= 0.3 is 0 Å². The van der Waals surface area contributed by atoms with Gasteiger partial charge in [-0.3, -0.25) is 4.79 Å². The first-order chi connectivity index (χ1) is 6.27. The van der Waals surface area contributed by atoms with Gasteiger partial charge in [0, 0.05) is 11.6 Å². The third-order valence-electron chi connectivity index (χ3n) is 1.67. The van der Waals surface area contributed by atoms with E-state index in [0.717, 1.165) is 5.39 Å². The Morgan fingerprint density at radius 2 is 2.15 bits per heavy atom. The van der Waals surface area contributed by atoms with Gasteiger partial charge in [-0.25, -0.2) is 9.97 Å². The van der Waals surface area contributed by atoms with Crippen LogP contribution < -0.4 is 0 Å². The van der Waals surface area contributed by atoms with Crippen LogP contribution in [-0.2, 0) is 0 Å². The van der Waals surface area contributed by atoms with Crippen LogP contribution in [0.25, 0.3) is 11.0 Å². The van der Waals surface area contributed by atoms with E-state index in [1.165, 1.54) is 0 Å². The Labute approximate surface area is 79.4 Å². The van der Waals surface area contributed by atoms with Gasteiger partial charge in [0.25, 0.3) is 5.24 Å². The molecule has 0 aromatic carbocycles. The van der Waals surface area contributed by atoms with Gasteiger partial charge in [0.05, 0.1) is 0 Å². The van der Waals surface area contributed by atoms with Gasteiger partial charge in [-0.15, -0.1) is 0 Å². The summed E-state index contributed by atoms with van der Waals surface area (Å²) in [6.07, 6.45) is 1.62. The predicted octanol–water partition coefficient (Wildman–Crippen LogP) is 2.01. The number of fused-ring (bicyclic) bond motifs is 1. The topological polar surface area (TPSA) is 42.9 Å². The number of hydrogen-bond donors (Lipinski definition) is 0. The molecule has 0 atom stereocenters. The quantitative estimate of drug-likeness (QED) is 0.650. The summed E-state index contributed by atoms with van der Waals surface area (Å²) in [7, 11) is 0. The maximum atomic E-state index is 10.8. The van der Waals surface area contributed by atoms with Crippen molar-refractivity contribution in [1.29, 1.82) is 0 Å². The minimum Gasteiger partial charge on any atom is -0.274 e. The Kier molecular flexibility index (Phi) is 1.94. The van der Waals surface area contributed by atoms with Gasteiger partial charge in [-0.1, -0.05) is 0 Å². The lowest BCUT2D eigenvalue weighted by atomic mass is 10.2. The van der Waals surface area contributed by atoms with Crippen LogP contribution >= 0.6 is 11.6 Å². The van der Waals surface area contributed by atoms with E-state index in [2.05, 4.69) is 9.97 Å². The Bertz CT molecular complexity index is 470. The van der Waals surface area contributed by atoms with Crippen molar-refractivity contribution in [3.05, 3.63) is 36.2 Å². The molecular weight excluding hydrogens is 188 g/mol. The predicted molar refractivity (Wildman–Crippen MR) is 49.7 cm³/mol. The Morgan fingerprint density at radius 1 is 1.31 bits per heavy atom. The van der Waals surface area contributed by atoms with Crippen molar-refractivity contribution in [2.24, 2.45) is 0 Å². The zero-order valence-electron chi connectivity index (χ0n) is 6.57. The van der Waals surface area contributed by atoms with E-state index in [-0.39, 0.29) is 5.69 Å². The fourth-order valence-electron chi connectivity index (χ4n) is 1.06. The van der Waals surface area contributed by atoms with Gasteiger partial charge in [0.1, 0.15) is 5.69 Å². The van der Waals surface area contributed by atoms with Crippen molar-refractivity contribution < 1.29 is 4.79 Å². The first-order valence-electron chi connectivity index (χ1n) is 3.69. The van der Waals surface area contributed by atoms with Crippen molar-refractivity contribution in [3.8, 4) is 0 Å². The van der Waals surface area contributed by atoms with Crippen molar-refractivity contribution in [3.63, 3.8) is 0 Å². The lowest BCUT2D eigenvalue weighted by Crippen LogP contribution is -1.94. The number of nitrogens with zero attached hydrogens (tertiary/aromatic N) is 2. The number of hydrogen-bond acceptors (Lipinski definition) is 3. The first-order valence-corrected chi connectivity index (χ1v) is 4.07. The van der Waals surface area contributed by atoms with Crippen LogP contribution in [-0.4, -0.2) is 15.2 Å². The van der Waals surface area contributed by atoms with Crippen LogP contribution in [0.15, 0.2) is 30.5 Å². The zero-order chi connectivity index (χ0) is 9.26. The maximum Gasteiger partial charge on any atom is 0.270 e. The average Bonchev–Trinajstić information content (AvgIpc) is 2.17. The SMILES string of the molecule is O=C(Cl)c1ccc2cccnc2n1. The molecule has 0 radical (unpaired) electrons. The molecule has 0 saturated carbocycles. The van der Waals surface area contributed by atoms with Crippen molar-refractivity contribution in [1.82, 2.24) is 9.97 Å². The van der Waals surface area contributed by atoms with Gasteiger partial charge in [-0.2, -0.15) is 0 Å². The number of carbonyl (C=O) groups is 1. The molecule has 0 N–H and O–H groups in total. The Hall–Kier alpha value is -1.48. The lowest BCUT2D eigenvalue weighted by molar-refractivity contribution is 0.107. The summed E-state index contributed by atoms with van der Waals surface area (Å²) in [6.45, 7) is 0. The maximum absolute atomic E-state index is 10.8. The van der Waals surface area contributed by atoms with Crippen molar-refractivity contribution in [2.75, 3.05) is 0 Å². The van der Waals surface area contributed by atoms with Gasteiger partial charge in [-0.05, 0) is 35.9 Å². The molecule has 13 heavy (non-hydrogen) atoms. The van der Waals surface area contributed by atoms with Crippen LogP contribution in [0, 0.1) is 0 Å². The second-order valence-electron chi connectivity index (χ2n) is 2.52. The average molecular weight is 193 g/mol. The Balaban J connectivity index is 2.69. The summed E-state index contributed by atoms with van der Waals surface area (Å²) >= 11 is 5.27. The molecule has 0 unspecified atom stereocenters. The molecule has 0 bridgehead atoms. The highest BCUT2D eigenvalue weighted by Crippen LogP contribution is 2.10. The molecule has 2 heterocycles. The van der Waals surface area contributed by atoms with E-state index in [4.69, 9.17) is 11.6 Å². The number of aromatic nitrogens is 2. The minimum absolute atomic E-state index is 0.230. The molecule has 2 aromatic heterocycles. The Morgan fingerprint density at radius 3 is 2.92 bits per heavy atom. The number of carbonyl (C=O) groups excluding carboxylic acids is 1. The van der Waals surface area contributed by atoms with Crippen LogP contribution in [0.5, 0.6) is 0 Å². The van der Waals surface area contributed by atoms with E-state index in [0.29, 0.717) is 5.65 Å². The molecule has 0 fully saturated rings. The standard InChI is InChI=1S/C9H5ClN2O/c10-8(13)7-4-3-6-2-1-5-11-9(6)12-7/h1-5H. The fourth-order valence-corrected chi connectivity index (χ4v) is 1.17.